The van der Waals surface area contributed by atoms with Crippen molar-refractivity contribution in [2.24, 2.45) is 22.7 Å². The molecule has 108 valence electrons. The van der Waals surface area contributed by atoms with Gasteiger partial charge in [0.2, 0.25) is 0 Å². The van der Waals surface area contributed by atoms with Crippen LogP contribution in [0.1, 0.15) is 39.5 Å². The van der Waals surface area contributed by atoms with Crippen LogP contribution in [-0.4, -0.2) is 45.8 Å². The minimum Gasteiger partial charge on any atom is -0.396 e. The lowest BCUT2D eigenvalue weighted by atomic mass is 9.57. The minimum absolute atomic E-state index is 0.0564. The molecule has 1 heterocycles. The first kappa shape index (κ1) is 12.6. The van der Waals surface area contributed by atoms with Gasteiger partial charge < -0.3 is 20.1 Å². The van der Waals surface area contributed by atoms with Crippen molar-refractivity contribution in [1.82, 2.24) is 0 Å². The number of aliphatic hydroxyl groups excluding tert-OH is 2. The van der Waals surface area contributed by atoms with Crippen molar-refractivity contribution in [2.45, 2.75) is 56.8 Å². The molecule has 4 fully saturated rings. The first-order valence-electron chi connectivity index (χ1n) is 7.47. The van der Waals surface area contributed by atoms with Crippen LogP contribution in [0.3, 0.4) is 0 Å². The molecule has 0 radical (unpaired) electrons. The number of hydrogen-bond donors (Lipinski definition) is 3. The Hall–Kier alpha value is -0.160. The fourth-order valence-electron chi connectivity index (χ4n) is 5.75. The second-order valence-corrected chi connectivity index (χ2v) is 7.99. The molecule has 3 aliphatic carbocycles. The topological polar surface area (TPSA) is 69.9 Å². The summed E-state index contributed by atoms with van der Waals surface area (Å²) in [6.07, 6.45) is 2.88. The summed E-state index contributed by atoms with van der Waals surface area (Å²) in [6, 6.07) is 0. The third-order valence-electron chi connectivity index (χ3n) is 7.06. The molecular formula is C15H24O4. The number of rotatable bonds is 1. The molecule has 2 bridgehead atoms. The van der Waals surface area contributed by atoms with Crippen molar-refractivity contribution in [3.05, 3.63) is 0 Å². The standard InChI is InChI=1S/C15H24O4/c1-12(7-16)5-9-10(6-12)13(2)14(3-4-14)15(18,8-19-13)11(9)17/h9-11,16-18H,3-8H2,1-2H3/t9-,10+,11+,12+,13+,15+/m1/s1. The molecule has 4 rings (SSSR count). The van der Waals surface area contributed by atoms with E-state index in [1.165, 1.54) is 0 Å². The third-order valence-corrected chi connectivity index (χ3v) is 7.06. The molecule has 4 aliphatic rings. The van der Waals surface area contributed by atoms with E-state index in [1.807, 2.05) is 0 Å². The Labute approximate surface area is 113 Å². The van der Waals surface area contributed by atoms with Crippen LogP contribution in [-0.2, 0) is 4.74 Å². The highest BCUT2D eigenvalue weighted by molar-refractivity contribution is 5.31. The van der Waals surface area contributed by atoms with E-state index in [2.05, 4.69) is 13.8 Å². The highest BCUT2D eigenvalue weighted by Crippen LogP contribution is 2.76. The van der Waals surface area contributed by atoms with Crippen LogP contribution in [0, 0.1) is 22.7 Å². The number of fused-ring (bicyclic) bond motifs is 2. The lowest BCUT2D eigenvalue weighted by Crippen LogP contribution is -2.64. The van der Waals surface area contributed by atoms with E-state index in [1.54, 1.807) is 0 Å². The zero-order valence-corrected chi connectivity index (χ0v) is 11.7. The maximum absolute atomic E-state index is 11.0. The molecule has 0 aromatic carbocycles. The first-order valence-corrected chi connectivity index (χ1v) is 7.47. The van der Waals surface area contributed by atoms with Crippen LogP contribution in [0.4, 0.5) is 0 Å². The maximum atomic E-state index is 11.0. The van der Waals surface area contributed by atoms with Gasteiger partial charge in [0.05, 0.1) is 18.3 Å². The third kappa shape index (κ3) is 1.13. The smallest absolute Gasteiger partial charge is 0.122 e. The Morgan fingerprint density at radius 3 is 2.47 bits per heavy atom. The van der Waals surface area contributed by atoms with Crippen molar-refractivity contribution < 1.29 is 20.1 Å². The molecule has 0 amide bonds. The molecule has 4 nitrogen and oxygen atoms in total. The molecule has 19 heavy (non-hydrogen) atoms. The van der Waals surface area contributed by atoms with Gasteiger partial charge in [0.15, 0.2) is 0 Å². The van der Waals surface area contributed by atoms with E-state index < -0.39 is 11.7 Å². The summed E-state index contributed by atoms with van der Waals surface area (Å²) < 4.78 is 6.08. The van der Waals surface area contributed by atoms with Gasteiger partial charge in [-0.1, -0.05) is 6.92 Å². The van der Waals surface area contributed by atoms with Crippen LogP contribution < -0.4 is 0 Å². The summed E-state index contributed by atoms with van der Waals surface area (Å²) in [5, 5.41) is 31.4. The van der Waals surface area contributed by atoms with E-state index in [0.717, 1.165) is 25.7 Å². The largest absolute Gasteiger partial charge is 0.396 e. The molecule has 6 atom stereocenters. The van der Waals surface area contributed by atoms with Crippen LogP contribution in [0.15, 0.2) is 0 Å². The van der Waals surface area contributed by atoms with Crippen molar-refractivity contribution in [1.29, 1.82) is 0 Å². The van der Waals surface area contributed by atoms with Gasteiger partial charge in [-0.15, -0.1) is 0 Å². The van der Waals surface area contributed by atoms with E-state index in [4.69, 9.17) is 4.74 Å². The normalized spacial score (nSPS) is 61.4. The van der Waals surface area contributed by atoms with Crippen molar-refractivity contribution in [3.8, 4) is 0 Å². The molecule has 4 heteroatoms. The summed E-state index contributed by atoms with van der Waals surface area (Å²) in [5.41, 5.74) is -1.76. The summed E-state index contributed by atoms with van der Waals surface area (Å²) in [4.78, 5) is 0. The zero-order valence-electron chi connectivity index (χ0n) is 11.7. The van der Waals surface area contributed by atoms with E-state index in [9.17, 15) is 15.3 Å². The number of hydrogen-bond acceptors (Lipinski definition) is 4. The van der Waals surface area contributed by atoms with Crippen LogP contribution in [0.5, 0.6) is 0 Å². The predicted octanol–water partition coefficient (Wildman–Crippen LogP) is 0.686. The first-order chi connectivity index (χ1) is 8.82. The van der Waals surface area contributed by atoms with Gasteiger partial charge in [-0.05, 0) is 49.9 Å². The highest BCUT2D eigenvalue weighted by atomic mass is 16.5. The second kappa shape index (κ2) is 3.19. The summed E-state index contributed by atoms with van der Waals surface area (Å²) in [6.45, 7) is 4.63. The summed E-state index contributed by atoms with van der Waals surface area (Å²) in [5.74, 6) is 0.311. The average molecular weight is 268 g/mol. The van der Waals surface area contributed by atoms with E-state index in [-0.39, 0.29) is 41.5 Å². The second-order valence-electron chi connectivity index (χ2n) is 7.99. The van der Waals surface area contributed by atoms with Gasteiger partial charge in [0, 0.05) is 12.0 Å². The quantitative estimate of drug-likeness (QED) is 0.654. The lowest BCUT2D eigenvalue weighted by molar-refractivity contribution is -0.180. The SMILES string of the molecule is C[C@]1(CO)C[C@@H]2[C@H](C1)[C@]1(C)OC[C@](O)([C@H]2O)C12CC2. The Kier molecular flexibility index (Phi) is 2.11. The molecule has 1 spiro atoms. The maximum Gasteiger partial charge on any atom is 0.122 e. The molecule has 0 aromatic rings. The summed E-state index contributed by atoms with van der Waals surface area (Å²) >= 11 is 0. The lowest BCUT2D eigenvalue weighted by Gasteiger charge is -2.51. The fourth-order valence-corrected chi connectivity index (χ4v) is 5.75. The Balaban J connectivity index is 1.81. The van der Waals surface area contributed by atoms with Crippen molar-refractivity contribution >= 4 is 0 Å². The van der Waals surface area contributed by atoms with Crippen LogP contribution >= 0.6 is 0 Å². The van der Waals surface area contributed by atoms with E-state index in [0.29, 0.717) is 0 Å². The van der Waals surface area contributed by atoms with Gasteiger partial charge in [0.25, 0.3) is 0 Å². The van der Waals surface area contributed by atoms with Crippen molar-refractivity contribution in [3.63, 3.8) is 0 Å². The fraction of sp³-hybridized carbons (Fsp3) is 1.00. The summed E-state index contributed by atoms with van der Waals surface area (Å²) in [7, 11) is 0. The van der Waals surface area contributed by atoms with E-state index >= 15 is 0 Å². The Bertz CT molecular complexity index is 434. The van der Waals surface area contributed by atoms with Gasteiger partial charge >= 0.3 is 0 Å². The molecule has 3 N–H and O–H groups in total. The van der Waals surface area contributed by atoms with Crippen LogP contribution in [0.25, 0.3) is 0 Å². The molecule has 1 aliphatic heterocycles. The van der Waals surface area contributed by atoms with Gasteiger partial charge in [0.1, 0.15) is 5.60 Å². The van der Waals surface area contributed by atoms with Crippen molar-refractivity contribution in [2.75, 3.05) is 13.2 Å². The number of ether oxygens (including phenoxy) is 1. The minimum atomic E-state index is -1.07. The number of aliphatic hydroxyl groups is 3. The van der Waals surface area contributed by atoms with Gasteiger partial charge in [-0.2, -0.15) is 0 Å². The van der Waals surface area contributed by atoms with Crippen LogP contribution in [0.2, 0.25) is 0 Å². The van der Waals surface area contributed by atoms with Gasteiger partial charge in [-0.3, -0.25) is 0 Å². The Morgan fingerprint density at radius 1 is 1.21 bits per heavy atom. The molecule has 0 aromatic heterocycles. The molecule has 0 unspecified atom stereocenters. The Morgan fingerprint density at radius 2 is 1.89 bits per heavy atom. The predicted molar refractivity (Wildman–Crippen MR) is 68.4 cm³/mol. The van der Waals surface area contributed by atoms with Gasteiger partial charge in [-0.25, -0.2) is 0 Å². The highest BCUT2D eigenvalue weighted by Gasteiger charge is 2.82. The molecular weight excluding hydrogens is 244 g/mol. The zero-order chi connectivity index (χ0) is 13.7. The average Bonchev–Trinajstić information content (AvgIpc) is 3.09. The monoisotopic (exact) mass is 268 g/mol. The molecule has 1 saturated heterocycles. The molecule has 3 saturated carbocycles.